The van der Waals surface area contributed by atoms with Gasteiger partial charge in [-0.1, -0.05) is 12.1 Å². The highest BCUT2D eigenvalue weighted by atomic mass is 32.2. The molecule has 0 saturated carbocycles. The number of rotatable bonds is 5. The van der Waals surface area contributed by atoms with Crippen LogP contribution in [-0.2, 0) is 26.1 Å². The number of nitrogens with zero attached hydrogens (tertiary/aromatic N) is 1. The predicted octanol–water partition coefficient (Wildman–Crippen LogP) is 0.0757. The number of hydrogen-bond acceptors (Lipinski definition) is 5. The standard InChI is InChI=1S/C16H23N3O4S/c20-16(15-12-23-10-7-17-15)18-11-13-3-5-14(6-4-13)24(21,22)19-8-1-2-9-19/h3-6,15,17H,1-2,7-12H2,(H,18,20). The number of carbonyl (C=O) groups is 1. The van der Waals surface area contributed by atoms with E-state index in [0.717, 1.165) is 18.4 Å². The van der Waals surface area contributed by atoms with Gasteiger partial charge in [-0.25, -0.2) is 8.42 Å². The maximum absolute atomic E-state index is 12.5. The van der Waals surface area contributed by atoms with Gasteiger partial charge in [0.2, 0.25) is 15.9 Å². The van der Waals surface area contributed by atoms with E-state index >= 15 is 0 Å². The molecule has 2 aliphatic rings. The Labute approximate surface area is 142 Å². The summed E-state index contributed by atoms with van der Waals surface area (Å²) < 4.78 is 31.7. The van der Waals surface area contributed by atoms with Gasteiger partial charge in [-0.15, -0.1) is 0 Å². The van der Waals surface area contributed by atoms with Gasteiger partial charge in [0.15, 0.2) is 0 Å². The van der Waals surface area contributed by atoms with Gasteiger partial charge < -0.3 is 15.4 Å². The number of hydrogen-bond donors (Lipinski definition) is 2. The van der Waals surface area contributed by atoms with Crippen LogP contribution in [0, 0.1) is 0 Å². The summed E-state index contributed by atoms with van der Waals surface area (Å²) in [6.07, 6.45) is 1.84. The lowest BCUT2D eigenvalue weighted by atomic mass is 10.2. The minimum absolute atomic E-state index is 0.108. The molecule has 1 aromatic carbocycles. The zero-order valence-electron chi connectivity index (χ0n) is 13.5. The molecule has 1 aromatic rings. The average Bonchev–Trinajstić information content (AvgIpc) is 3.16. The summed E-state index contributed by atoms with van der Waals surface area (Å²) >= 11 is 0. The van der Waals surface area contributed by atoms with Crippen molar-refractivity contribution in [1.82, 2.24) is 14.9 Å². The average molecular weight is 353 g/mol. The van der Waals surface area contributed by atoms with E-state index in [-0.39, 0.29) is 11.9 Å². The molecule has 0 radical (unpaired) electrons. The quantitative estimate of drug-likeness (QED) is 0.783. The number of ether oxygens (including phenoxy) is 1. The summed E-state index contributed by atoms with van der Waals surface area (Å²) in [5.41, 5.74) is 0.862. The summed E-state index contributed by atoms with van der Waals surface area (Å²) in [5, 5.41) is 5.93. The first-order valence-electron chi connectivity index (χ1n) is 8.25. The largest absolute Gasteiger partial charge is 0.378 e. The fourth-order valence-corrected chi connectivity index (χ4v) is 4.42. The minimum atomic E-state index is -3.38. The van der Waals surface area contributed by atoms with E-state index in [9.17, 15) is 13.2 Å². The van der Waals surface area contributed by atoms with Crippen molar-refractivity contribution in [3.63, 3.8) is 0 Å². The van der Waals surface area contributed by atoms with Gasteiger partial charge in [0.1, 0.15) is 6.04 Å². The normalized spacial score (nSPS) is 22.4. The number of carbonyl (C=O) groups excluding carboxylic acids is 1. The lowest BCUT2D eigenvalue weighted by Crippen LogP contribution is -2.51. The van der Waals surface area contributed by atoms with Crippen LogP contribution in [0.3, 0.4) is 0 Å². The highest BCUT2D eigenvalue weighted by Gasteiger charge is 2.27. The van der Waals surface area contributed by atoms with Crippen LogP contribution in [0.4, 0.5) is 0 Å². The van der Waals surface area contributed by atoms with E-state index in [1.54, 1.807) is 24.3 Å². The molecule has 7 nitrogen and oxygen atoms in total. The molecule has 2 aliphatic heterocycles. The molecule has 3 rings (SSSR count). The Morgan fingerprint density at radius 3 is 2.58 bits per heavy atom. The van der Waals surface area contributed by atoms with E-state index in [4.69, 9.17) is 4.74 Å². The van der Waals surface area contributed by atoms with E-state index in [2.05, 4.69) is 10.6 Å². The van der Waals surface area contributed by atoms with Gasteiger partial charge in [-0.05, 0) is 30.5 Å². The van der Waals surface area contributed by atoms with Crippen molar-refractivity contribution in [3.05, 3.63) is 29.8 Å². The van der Waals surface area contributed by atoms with Crippen LogP contribution in [0.15, 0.2) is 29.2 Å². The van der Waals surface area contributed by atoms with Gasteiger partial charge in [0.25, 0.3) is 0 Å². The number of nitrogens with one attached hydrogen (secondary N) is 2. The fraction of sp³-hybridized carbons (Fsp3) is 0.562. The van der Waals surface area contributed by atoms with Crippen molar-refractivity contribution in [3.8, 4) is 0 Å². The maximum atomic E-state index is 12.5. The first-order valence-corrected chi connectivity index (χ1v) is 9.69. The van der Waals surface area contributed by atoms with Crippen molar-refractivity contribution in [1.29, 1.82) is 0 Å². The Morgan fingerprint density at radius 2 is 1.96 bits per heavy atom. The third-order valence-electron chi connectivity index (χ3n) is 4.33. The molecule has 8 heteroatoms. The summed E-state index contributed by atoms with van der Waals surface area (Å²) in [6, 6.07) is 6.38. The Kier molecular flexibility index (Phi) is 5.50. The van der Waals surface area contributed by atoms with E-state index in [1.807, 2.05) is 0 Å². The molecule has 0 spiro atoms. The van der Waals surface area contributed by atoms with Crippen LogP contribution >= 0.6 is 0 Å². The van der Waals surface area contributed by atoms with Gasteiger partial charge >= 0.3 is 0 Å². The molecule has 24 heavy (non-hydrogen) atoms. The highest BCUT2D eigenvalue weighted by molar-refractivity contribution is 7.89. The smallest absolute Gasteiger partial charge is 0.243 e. The summed E-state index contributed by atoms with van der Waals surface area (Å²) in [4.78, 5) is 12.3. The van der Waals surface area contributed by atoms with Crippen molar-refractivity contribution < 1.29 is 17.9 Å². The maximum Gasteiger partial charge on any atom is 0.243 e. The number of benzene rings is 1. The molecular weight excluding hydrogens is 330 g/mol. The molecule has 1 unspecified atom stereocenters. The SMILES string of the molecule is O=C(NCc1ccc(S(=O)(=O)N2CCCC2)cc1)C1COCCN1. The van der Waals surface area contributed by atoms with Crippen molar-refractivity contribution in [2.75, 3.05) is 32.8 Å². The number of morpholine rings is 1. The lowest BCUT2D eigenvalue weighted by Gasteiger charge is -2.22. The van der Waals surface area contributed by atoms with E-state index in [0.29, 0.717) is 44.3 Å². The lowest BCUT2D eigenvalue weighted by molar-refractivity contribution is -0.126. The van der Waals surface area contributed by atoms with Gasteiger partial charge in [0, 0.05) is 26.2 Å². The number of amides is 1. The molecular formula is C16H23N3O4S. The molecule has 0 aliphatic carbocycles. The second-order valence-electron chi connectivity index (χ2n) is 6.05. The Balaban J connectivity index is 1.57. The first kappa shape index (κ1) is 17.3. The highest BCUT2D eigenvalue weighted by Crippen LogP contribution is 2.21. The third-order valence-corrected chi connectivity index (χ3v) is 6.24. The monoisotopic (exact) mass is 353 g/mol. The Morgan fingerprint density at radius 1 is 1.25 bits per heavy atom. The zero-order chi connectivity index (χ0) is 17.0. The molecule has 0 aromatic heterocycles. The first-order chi connectivity index (χ1) is 11.6. The predicted molar refractivity (Wildman–Crippen MR) is 88.9 cm³/mol. The van der Waals surface area contributed by atoms with E-state index in [1.165, 1.54) is 4.31 Å². The molecule has 2 saturated heterocycles. The van der Waals surface area contributed by atoms with Crippen LogP contribution in [0.2, 0.25) is 0 Å². The van der Waals surface area contributed by atoms with E-state index < -0.39 is 10.0 Å². The van der Waals surface area contributed by atoms with Crippen LogP contribution in [0.5, 0.6) is 0 Å². The molecule has 2 fully saturated rings. The Bertz CT molecular complexity index is 663. The van der Waals surface area contributed by atoms with Crippen LogP contribution in [0.1, 0.15) is 18.4 Å². The van der Waals surface area contributed by atoms with Crippen LogP contribution in [-0.4, -0.2) is 57.5 Å². The van der Waals surface area contributed by atoms with Gasteiger partial charge in [-0.2, -0.15) is 4.31 Å². The van der Waals surface area contributed by atoms with Crippen LogP contribution in [0.25, 0.3) is 0 Å². The topological polar surface area (TPSA) is 87.7 Å². The molecule has 132 valence electrons. The van der Waals surface area contributed by atoms with Crippen LogP contribution < -0.4 is 10.6 Å². The zero-order valence-corrected chi connectivity index (χ0v) is 14.3. The van der Waals surface area contributed by atoms with Crippen molar-refractivity contribution in [2.45, 2.75) is 30.3 Å². The van der Waals surface area contributed by atoms with Gasteiger partial charge in [-0.3, -0.25) is 4.79 Å². The second kappa shape index (κ2) is 7.60. The third kappa shape index (κ3) is 3.94. The Hall–Kier alpha value is -1.48. The molecule has 1 atom stereocenters. The van der Waals surface area contributed by atoms with Crippen molar-refractivity contribution in [2.24, 2.45) is 0 Å². The van der Waals surface area contributed by atoms with Gasteiger partial charge in [0.05, 0.1) is 18.1 Å². The summed E-state index contributed by atoms with van der Waals surface area (Å²) in [5.74, 6) is -0.108. The minimum Gasteiger partial charge on any atom is -0.378 e. The molecule has 2 N–H and O–H groups in total. The molecule has 0 bridgehead atoms. The molecule has 2 heterocycles. The van der Waals surface area contributed by atoms with Crippen molar-refractivity contribution >= 4 is 15.9 Å². The fourth-order valence-electron chi connectivity index (χ4n) is 2.90. The molecule has 1 amide bonds. The summed E-state index contributed by atoms with van der Waals surface area (Å²) in [7, 11) is -3.38. The summed E-state index contributed by atoms with van der Waals surface area (Å²) in [6.45, 7) is 3.21. The second-order valence-corrected chi connectivity index (χ2v) is 7.99. The number of sulfonamides is 1.